The summed E-state index contributed by atoms with van der Waals surface area (Å²) in [6.45, 7) is 17.6. The van der Waals surface area contributed by atoms with Gasteiger partial charge in [-0.25, -0.2) is 0 Å². The van der Waals surface area contributed by atoms with E-state index in [4.69, 9.17) is 8.83 Å². The van der Waals surface area contributed by atoms with Crippen LogP contribution in [0.3, 0.4) is 0 Å². The molecule has 68 heavy (non-hydrogen) atoms. The van der Waals surface area contributed by atoms with Crippen LogP contribution in [0.4, 0.5) is 34.1 Å². The number of rotatable bonds is 7. The lowest BCUT2D eigenvalue weighted by molar-refractivity contribution is 0.658. The van der Waals surface area contributed by atoms with Crippen molar-refractivity contribution in [2.75, 3.05) is 9.80 Å². The van der Waals surface area contributed by atoms with E-state index in [1.165, 1.54) is 44.5 Å². The van der Waals surface area contributed by atoms with Crippen LogP contribution in [-0.4, -0.2) is 0 Å². The third kappa shape index (κ3) is 6.66. The lowest BCUT2D eigenvalue weighted by Gasteiger charge is -2.28. The van der Waals surface area contributed by atoms with Gasteiger partial charge in [-0.3, -0.25) is 0 Å². The van der Waals surface area contributed by atoms with E-state index in [-0.39, 0.29) is 0 Å². The van der Waals surface area contributed by atoms with Crippen LogP contribution in [0, 0.1) is 55.4 Å². The van der Waals surface area contributed by atoms with Crippen LogP contribution in [-0.2, 0) is 0 Å². The van der Waals surface area contributed by atoms with Crippen LogP contribution >= 0.6 is 0 Å². The standard InChI is InChI=1S/C64H52N2O2/c1-37-16-12-14-20-58(37)65(52-26-39(3)43(7)40(4)27-52)50-24-22-46-32-54-56-36-57-55-33-47-23-25-51(66(59-21-15-13-17-38(59)2)53-28-41(5)44(8)42(6)29-53)31-49(47)35-61(55)68-64(57)62(45-18-10-9-11-19-45)63(56)67-60(54)34-48(46)30-50/h9-36H,1-8H3. The van der Waals surface area contributed by atoms with Gasteiger partial charge in [0, 0.05) is 55.7 Å². The molecule has 0 atom stereocenters. The van der Waals surface area contributed by atoms with E-state index in [1.54, 1.807) is 0 Å². The average Bonchev–Trinajstić information content (AvgIpc) is 3.88. The smallest absolute Gasteiger partial charge is 0.147 e. The minimum Gasteiger partial charge on any atom is -0.455 e. The summed E-state index contributed by atoms with van der Waals surface area (Å²) in [4.78, 5) is 4.78. The van der Waals surface area contributed by atoms with Gasteiger partial charge in [-0.1, -0.05) is 78.9 Å². The van der Waals surface area contributed by atoms with Crippen molar-refractivity contribution in [1.29, 1.82) is 0 Å². The van der Waals surface area contributed by atoms with Crippen LogP contribution in [0.25, 0.3) is 76.5 Å². The molecule has 10 aromatic carbocycles. The third-order valence-electron chi connectivity index (χ3n) is 14.7. The molecule has 4 nitrogen and oxygen atoms in total. The van der Waals surface area contributed by atoms with Crippen molar-refractivity contribution < 1.29 is 8.83 Å². The molecule has 0 amide bonds. The van der Waals surface area contributed by atoms with Gasteiger partial charge in [0.05, 0.1) is 5.56 Å². The molecular weight excluding hydrogens is 829 g/mol. The van der Waals surface area contributed by atoms with Crippen LogP contribution < -0.4 is 9.80 Å². The molecule has 330 valence electrons. The number of anilines is 6. The molecule has 0 saturated carbocycles. The number of fused-ring (bicyclic) bond motifs is 8. The fourth-order valence-electron chi connectivity index (χ4n) is 10.5. The Morgan fingerprint density at radius 2 is 0.721 bits per heavy atom. The molecule has 0 aliphatic carbocycles. The molecule has 12 rings (SSSR count). The second-order valence-electron chi connectivity index (χ2n) is 19.0. The average molecular weight is 881 g/mol. The van der Waals surface area contributed by atoms with Crippen molar-refractivity contribution in [3.63, 3.8) is 0 Å². The van der Waals surface area contributed by atoms with Gasteiger partial charge in [0.1, 0.15) is 22.3 Å². The summed E-state index contributed by atoms with van der Waals surface area (Å²) in [6.07, 6.45) is 0. The minimum absolute atomic E-state index is 0.824. The number of hydrogen-bond donors (Lipinski definition) is 0. The van der Waals surface area contributed by atoms with Crippen molar-refractivity contribution in [1.82, 2.24) is 0 Å². The first-order valence-corrected chi connectivity index (χ1v) is 23.6. The van der Waals surface area contributed by atoms with E-state index in [1.807, 2.05) is 0 Å². The summed E-state index contributed by atoms with van der Waals surface area (Å²) in [5, 5.41) is 8.84. The first-order valence-electron chi connectivity index (χ1n) is 23.6. The molecule has 0 spiro atoms. The molecule has 0 aliphatic heterocycles. The van der Waals surface area contributed by atoms with Gasteiger partial charge >= 0.3 is 0 Å². The van der Waals surface area contributed by atoms with Crippen molar-refractivity contribution >= 4 is 99.5 Å². The van der Waals surface area contributed by atoms with Gasteiger partial charge in [0.15, 0.2) is 0 Å². The number of benzene rings is 10. The van der Waals surface area contributed by atoms with E-state index < -0.39 is 0 Å². The SMILES string of the molecule is Cc1ccccc1N(c1cc(C)c(C)c(C)c1)c1ccc2cc3c(cc2c1)oc1c(-c2ccccc2)c2oc4cc5cc(N(c6cc(C)c(C)c(C)c6)c6ccccc6C)ccc5cc4c2cc13. The highest BCUT2D eigenvalue weighted by Gasteiger charge is 2.24. The van der Waals surface area contributed by atoms with E-state index in [0.717, 1.165) is 111 Å². The Balaban J connectivity index is 1.03. The monoisotopic (exact) mass is 880 g/mol. The zero-order valence-electron chi connectivity index (χ0n) is 39.9. The summed E-state index contributed by atoms with van der Waals surface area (Å²) >= 11 is 0. The van der Waals surface area contributed by atoms with Crippen molar-refractivity contribution in [2.24, 2.45) is 0 Å². The Kier molecular flexibility index (Phi) is 9.60. The molecule has 2 heterocycles. The number of nitrogens with zero attached hydrogens (tertiary/aromatic N) is 2. The van der Waals surface area contributed by atoms with Gasteiger partial charge in [-0.05, 0) is 218 Å². The number of furan rings is 2. The topological polar surface area (TPSA) is 32.8 Å². The second-order valence-corrected chi connectivity index (χ2v) is 19.0. The first kappa shape index (κ1) is 41.4. The highest BCUT2D eigenvalue weighted by molar-refractivity contribution is 6.24. The predicted octanol–water partition coefficient (Wildman–Crippen LogP) is 18.9. The fraction of sp³-hybridized carbons (Fsp3) is 0.125. The highest BCUT2D eigenvalue weighted by Crippen LogP contribution is 2.47. The maximum Gasteiger partial charge on any atom is 0.147 e. The summed E-state index contributed by atoms with van der Waals surface area (Å²) in [7, 11) is 0. The molecule has 4 heteroatoms. The first-order chi connectivity index (χ1) is 33.0. The molecule has 0 unspecified atom stereocenters. The molecule has 0 saturated heterocycles. The maximum atomic E-state index is 7.04. The van der Waals surface area contributed by atoms with Gasteiger partial charge in [0.2, 0.25) is 0 Å². The summed E-state index contributed by atoms with van der Waals surface area (Å²) in [6, 6.07) is 62.0. The fourth-order valence-corrected chi connectivity index (χ4v) is 10.5. The largest absolute Gasteiger partial charge is 0.455 e. The van der Waals surface area contributed by atoms with Crippen LogP contribution in [0.5, 0.6) is 0 Å². The number of aryl methyl sites for hydroxylation is 6. The Morgan fingerprint density at radius 3 is 1.15 bits per heavy atom. The van der Waals surface area contributed by atoms with E-state index in [2.05, 4.69) is 235 Å². The van der Waals surface area contributed by atoms with E-state index >= 15 is 0 Å². The summed E-state index contributed by atoms with van der Waals surface area (Å²) in [5.74, 6) is 0. The Hall–Kier alpha value is -8.08. The Morgan fingerprint density at radius 1 is 0.309 bits per heavy atom. The zero-order chi connectivity index (χ0) is 46.5. The minimum atomic E-state index is 0.824. The zero-order valence-corrected chi connectivity index (χ0v) is 39.9. The van der Waals surface area contributed by atoms with Gasteiger partial charge in [-0.15, -0.1) is 0 Å². The molecule has 0 bridgehead atoms. The van der Waals surface area contributed by atoms with Crippen molar-refractivity contribution in [3.05, 3.63) is 214 Å². The normalized spacial score (nSPS) is 11.8. The molecule has 0 radical (unpaired) electrons. The summed E-state index contributed by atoms with van der Waals surface area (Å²) < 4.78 is 14.1. The number of para-hydroxylation sites is 2. The predicted molar refractivity (Wildman–Crippen MR) is 289 cm³/mol. The Labute approximate surface area is 397 Å². The summed E-state index contributed by atoms with van der Waals surface area (Å²) in [5.41, 5.74) is 22.4. The lowest BCUT2D eigenvalue weighted by atomic mass is 9.97. The lowest BCUT2D eigenvalue weighted by Crippen LogP contribution is -2.12. The van der Waals surface area contributed by atoms with Crippen molar-refractivity contribution in [2.45, 2.75) is 55.4 Å². The van der Waals surface area contributed by atoms with Crippen LogP contribution in [0.2, 0.25) is 0 Å². The highest BCUT2D eigenvalue weighted by atomic mass is 16.3. The molecule has 2 aromatic heterocycles. The molecule has 0 aliphatic rings. The van der Waals surface area contributed by atoms with Gasteiger partial charge in [-0.2, -0.15) is 0 Å². The van der Waals surface area contributed by atoms with Crippen LogP contribution in [0.1, 0.15) is 44.5 Å². The van der Waals surface area contributed by atoms with Crippen molar-refractivity contribution in [3.8, 4) is 11.1 Å². The number of hydrogen-bond acceptors (Lipinski definition) is 4. The van der Waals surface area contributed by atoms with E-state index in [0.29, 0.717) is 0 Å². The van der Waals surface area contributed by atoms with E-state index in [9.17, 15) is 0 Å². The quantitative estimate of drug-likeness (QED) is 0.160. The third-order valence-corrected chi connectivity index (χ3v) is 14.7. The molecule has 0 fully saturated rings. The van der Waals surface area contributed by atoms with Gasteiger partial charge in [0.25, 0.3) is 0 Å². The molecular formula is C64H52N2O2. The van der Waals surface area contributed by atoms with Crippen LogP contribution in [0.15, 0.2) is 179 Å². The molecule has 12 aromatic rings. The maximum absolute atomic E-state index is 7.04. The Bertz CT molecular complexity index is 3730. The van der Waals surface area contributed by atoms with Gasteiger partial charge < -0.3 is 18.6 Å². The second kappa shape index (κ2) is 15.8. The molecule has 0 N–H and O–H groups in total.